The lowest BCUT2D eigenvalue weighted by Crippen LogP contribution is -2.09. The lowest BCUT2D eigenvalue weighted by atomic mass is 9.93. The fourth-order valence-corrected chi connectivity index (χ4v) is 2.77. The van der Waals surface area contributed by atoms with Gasteiger partial charge in [0.25, 0.3) is 5.69 Å². The average molecular weight is 330 g/mol. The normalized spacial score (nSPS) is 19.7. The summed E-state index contributed by atoms with van der Waals surface area (Å²) >= 11 is 6.09. The minimum Gasteiger partial charge on any atom is -0.301 e. The highest BCUT2D eigenvalue weighted by atomic mass is 35.5. The van der Waals surface area contributed by atoms with E-state index in [0.29, 0.717) is 11.4 Å². The molecule has 0 fully saturated rings. The van der Waals surface area contributed by atoms with Gasteiger partial charge in [-0.15, -0.1) is 0 Å². The van der Waals surface area contributed by atoms with Crippen molar-refractivity contribution in [2.75, 3.05) is 0 Å². The van der Waals surface area contributed by atoms with Gasteiger partial charge in [0.2, 0.25) is 0 Å². The Hall–Kier alpha value is -2.60. The molecular formula is C16H12ClN3O3. The summed E-state index contributed by atoms with van der Waals surface area (Å²) in [6.45, 7) is 0. The Labute approximate surface area is 137 Å². The monoisotopic (exact) mass is 329 g/mol. The molecule has 7 heteroatoms. The van der Waals surface area contributed by atoms with Crippen molar-refractivity contribution in [1.82, 2.24) is 0 Å². The van der Waals surface area contributed by atoms with Gasteiger partial charge in [0, 0.05) is 23.6 Å². The van der Waals surface area contributed by atoms with Crippen LogP contribution in [-0.2, 0) is 11.2 Å². The number of rotatable bonds is 3. The molecule has 0 spiro atoms. The molecular weight excluding hydrogens is 318 g/mol. The Morgan fingerprint density at radius 2 is 1.91 bits per heavy atom. The summed E-state index contributed by atoms with van der Waals surface area (Å²) in [7, 11) is 0. The second kappa shape index (κ2) is 6.26. The van der Waals surface area contributed by atoms with E-state index in [4.69, 9.17) is 11.6 Å². The number of non-ortho nitro benzene ring substituents is 1. The van der Waals surface area contributed by atoms with Gasteiger partial charge in [-0.25, -0.2) is 0 Å². The van der Waals surface area contributed by atoms with Crippen LogP contribution in [-0.4, -0.2) is 17.3 Å². The van der Waals surface area contributed by atoms with E-state index in [1.165, 1.54) is 12.1 Å². The third-order valence-electron chi connectivity index (χ3n) is 3.74. The topological polar surface area (TPSA) is 84.9 Å². The average Bonchev–Trinajstić information content (AvgIpc) is 2.74. The van der Waals surface area contributed by atoms with Crippen molar-refractivity contribution in [2.24, 2.45) is 10.2 Å². The van der Waals surface area contributed by atoms with Crippen LogP contribution < -0.4 is 0 Å². The summed E-state index contributed by atoms with van der Waals surface area (Å²) < 4.78 is 0. The summed E-state index contributed by atoms with van der Waals surface area (Å²) in [6.07, 6.45) is 1.23. The van der Waals surface area contributed by atoms with E-state index in [0.717, 1.165) is 23.0 Å². The summed E-state index contributed by atoms with van der Waals surface area (Å²) in [5.74, 6) is 0. The number of fused-ring (bicyclic) bond motifs is 1. The van der Waals surface area contributed by atoms with Gasteiger partial charge < -0.3 is 4.79 Å². The first kappa shape index (κ1) is 15.3. The first-order valence-electron chi connectivity index (χ1n) is 6.96. The van der Waals surface area contributed by atoms with Gasteiger partial charge in [-0.3, -0.25) is 10.1 Å². The Morgan fingerprint density at radius 3 is 2.57 bits per heavy atom. The number of benzene rings is 2. The fraction of sp³-hybridized carbons (Fsp3) is 0.188. The number of carbonyl (C=O) groups excluding carboxylic acids is 1. The van der Waals surface area contributed by atoms with Gasteiger partial charge in [0.15, 0.2) is 0 Å². The molecule has 2 aromatic carbocycles. The van der Waals surface area contributed by atoms with Crippen LogP contribution in [0.1, 0.15) is 22.7 Å². The zero-order valence-corrected chi connectivity index (χ0v) is 12.7. The van der Waals surface area contributed by atoms with E-state index < -0.39 is 17.0 Å². The Morgan fingerprint density at radius 1 is 1.17 bits per heavy atom. The summed E-state index contributed by atoms with van der Waals surface area (Å²) in [5, 5.41) is 19.7. The highest BCUT2D eigenvalue weighted by Gasteiger charge is 2.23. The van der Waals surface area contributed by atoms with Crippen molar-refractivity contribution in [3.8, 4) is 0 Å². The van der Waals surface area contributed by atoms with Crippen LogP contribution in [0.25, 0.3) is 0 Å². The number of nitrogens with zero attached hydrogens (tertiary/aromatic N) is 3. The molecule has 0 aliphatic carbocycles. The SMILES string of the molecule is O=CC1Cc2ccc(Cl)cc2C(c2ccc([N+](=O)[O-])cc2)N=N1. The van der Waals surface area contributed by atoms with E-state index in [2.05, 4.69) is 10.2 Å². The predicted octanol–water partition coefficient (Wildman–Crippen LogP) is 3.91. The van der Waals surface area contributed by atoms with E-state index in [9.17, 15) is 14.9 Å². The molecule has 0 amide bonds. The molecule has 2 atom stereocenters. The first-order valence-corrected chi connectivity index (χ1v) is 7.34. The number of azo groups is 1. The summed E-state index contributed by atoms with van der Waals surface area (Å²) in [6, 6.07) is 10.6. The Kier molecular flexibility index (Phi) is 4.16. The standard InChI is InChI=1S/C16H12ClN3O3/c17-12-4-1-11-7-13(9-21)18-19-16(15(11)8-12)10-2-5-14(6-3-10)20(22)23/h1-6,8-9,13,16H,7H2. The molecule has 2 unspecified atom stereocenters. The highest BCUT2D eigenvalue weighted by Crippen LogP contribution is 2.34. The minimum absolute atomic E-state index is 0.0106. The lowest BCUT2D eigenvalue weighted by molar-refractivity contribution is -0.384. The third-order valence-corrected chi connectivity index (χ3v) is 3.97. The van der Waals surface area contributed by atoms with Crippen molar-refractivity contribution in [3.63, 3.8) is 0 Å². The lowest BCUT2D eigenvalue weighted by Gasteiger charge is -2.14. The molecule has 0 aromatic heterocycles. The van der Waals surface area contributed by atoms with Crippen LogP contribution in [0.3, 0.4) is 0 Å². The number of hydrogen-bond donors (Lipinski definition) is 0. The van der Waals surface area contributed by atoms with Gasteiger partial charge in [-0.05, 0) is 41.0 Å². The molecule has 0 saturated heterocycles. The molecule has 0 bridgehead atoms. The molecule has 116 valence electrons. The number of nitro groups is 1. The van der Waals surface area contributed by atoms with E-state index in [1.807, 2.05) is 6.07 Å². The van der Waals surface area contributed by atoms with Crippen LogP contribution in [0.4, 0.5) is 5.69 Å². The van der Waals surface area contributed by atoms with Crippen molar-refractivity contribution < 1.29 is 9.72 Å². The molecule has 0 radical (unpaired) electrons. The minimum atomic E-state index is -0.530. The van der Waals surface area contributed by atoms with Gasteiger partial charge in [0.1, 0.15) is 18.4 Å². The van der Waals surface area contributed by atoms with E-state index in [-0.39, 0.29) is 5.69 Å². The maximum absolute atomic E-state index is 11.1. The molecule has 0 saturated carbocycles. The van der Waals surface area contributed by atoms with Crippen LogP contribution in [0.2, 0.25) is 5.02 Å². The smallest absolute Gasteiger partial charge is 0.269 e. The Bertz CT molecular complexity index is 790. The highest BCUT2D eigenvalue weighted by molar-refractivity contribution is 6.30. The quantitative estimate of drug-likeness (QED) is 0.486. The molecule has 1 aliphatic heterocycles. The van der Waals surface area contributed by atoms with Crippen molar-refractivity contribution in [1.29, 1.82) is 0 Å². The van der Waals surface area contributed by atoms with Crippen molar-refractivity contribution in [3.05, 3.63) is 74.3 Å². The number of carbonyl (C=O) groups is 1. The molecule has 3 rings (SSSR count). The van der Waals surface area contributed by atoms with Crippen molar-refractivity contribution >= 4 is 23.6 Å². The number of aldehydes is 1. The van der Waals surface area contributed by atoms with Gasteiger partial charge in [-0.1, -0.05) is 17.7 Å². The van der Waals surface area contributed by atoms with Crippen LogP contribution in [0, 0.1) is 10.1 Å². The second-order valence-electron chi connectivity index (χ2n) is 5.23. The molecule has 23 heavy (non-hydrogen) atoms. The Balaban J connectivity index is 2.08. The van der Waals surface area contributed by atoms with E-state index in [1.54, 1.807) is 24.3 Å². The first-order chi connectivity index (χ1) is 11.1. The summed E-state index contributed by atoms with van der Waals surface area (Å²) in [5.41, 5.74) is 2.57. The largest absolute Gasteiger partial charge is 0.301 e. The van der Waals surface area contributed by atoms with Crippen LogP contribution in [0.5, 0.6) is 0 Å². The zero-order chi connectivity index (χ0) is 16.4. The molecule has 1 heterocycles. The summed E-state index contributed by atoms with van der Waals surface area (Å²) in [4.78, 5) is 21.4. The van der Waals surface area contributed by atoms with Gasteiger partial charge in [0.05, 0.1) is 4.92 Å². The number of halogens is 1. The molecule has 2 aromatic rings. The predicted molar refractivity (Wildman–Crippen MR) is 84.8 cm³/mol. The van der Waals surface area contributed by atoms with Gasteiger partial charge >= 0.3 is 0 Å². The molecule has 6 nitrogen and oxygen atoms in total. The zero-order valence-electron chi connectivity index (χ0n) is 11.9. The fourth-order valence-electron chi connectivity index (χ4n) is 2.59. The molecule has 1 aliphatic rings. The van der Waals surface area contributed by atoms with Gasteiger partial charge in [-0.2, -0.15) is 10.2 Å². The maximum atomic E-state index is 11.1. The van der Waals surface area contributed by atoms with Crippen molar-refractivity contribution in [2.45, 2.75) is 18.5 Å². The van der Waals surface area contributed by atoms with Crippen LogP contribution >= 0.6 is 11.6 Å². The molecule has 0 N–H and O–H groups in total. The third kappa shape index (κ3) is 3.12. The van der Waals surface area contributed by atoms with Crippen LogP contribution in [0.15, 0.2) is 52.7 Å². The van der Waals surface area contributed by atoms with E-state index >= 15 is 0 Å². The number of hydrogen-bond acceptors (Lipinski definition) is 5. The maximum Gasteiger partial charge on any atom is 0.269 e. The number of nitro benzene ring substituents is 1. The second-order valence-corrected chi connectivity index (χ2v) is 5.67.